The van der Waals surface area contributed by atoms with Crippen LogP contribution in [0.15, 0.2) is 29.3 Å². The molecule has 0 spiro atoms. The van der Waals surface area contributed by atoms with Crippen LogP contribution < -0.4 is 24.8 Å². The number of thiophene rings is 1. The van der Waals surface area contributed by atoms with Crippen LogP contribution in [0, 0.1) is 0 Å². The van der Waals surface area contributed by atoms with E-state index in [1.54, 1.807) is 27.4 Å². The molecule has 0 aliphatic rings. The van der Waals surface area contributed by atoms with E-state index in [4.69, 9.17) is 25.8 Å². The van der Waals surface area contributed by atoms with Crippen molar-refractivity contribution in [2.24, 2.45) is 4.99 Å². The molecule has 10 heteroatoms. The highest BCUT2D eigenvalue weighted by Crippen LogP contribution is 2.34. The van der Waals surface area contributed by atoms with Crippen molar-refractivity contribution in [3.8, 4) is 17.2 Å². The van der Waals surface area contributed by atoms with Gasteiger partial charge in [-0.2, -0.15) is 0 Å². The molecule has 1 heterocycles. The lowest BCUT2D eigenvalue weighted by Crippen LogP contribution is -2.38. The van der Waals surface area contributed by atoms with E-state index >= 15 is 0 Å². The van der Waals surface area contributed by atoms with Crippen LogP contribution in [0.3, 0.4) is 0 Å². The van der Waals surface area contributed by atoms with Crippen molar-refractivity contribution in [3.63, 3.8) is 0 Å². The van der Waals surface area contributed by atoms with Crippen molar-refractivity contribution in [1.29, 1.82) is 0 Å². The van der Waals surface area contributed by atoms with E-state index in [9.17, 15) is 5.11 Å². The van der Waals surface area contributed by atoms with Gasteiger partial charge < -0.3 is 30.0 Å². The van der Waals surface area contributed by atoms with Crippen LogP contribution in [0.25, 0.3) is 0 Å². The van der Waals surface area contributed by atoms with Crippen molar-refractivity contribution in [2.45, 2.75) is 19.4 Å². The third-order valence-electron chi connectivity index (χ3n) is 4.17. The molecule has 168 valence electrons. The Bertz CT molecular complexity index is 794. The summed E-state index contributed by atoms with van der Waals surface area (Å²) in [5.74, 6) is 2.71. The SMILES string of the molecule is CCNC(=NCC(O)c1ccc(Cl)s1)NCCc1c(OC)cc(OC)cc1OC.I. The number of hydrogen-bond donors (Lipinski definition) is 3. The topological polar surface area (TPSA) is 84.3 Å². The third kappa shape index (κ3) is 7.68. The lowest BCUT2D eigenvalue weighted by Gasteiger charge is -2.16. The number of methoxy groups -OCH3 is 3. The summed E-state index contributed by atoms with van der Waals surface area (Å²) in [5.41, 5.74) is 0.937. The fraction of sp³-hybridized carbons (Fsp3) is 0.450. The first-order valence-electron chi connectivity index (χ1n) is 9.26. The van der Waals surface area contributed by atoms with Crippen molar-refractivity contribution in [3.05, 3.63) is 39.0 Å². The van der Waals surface area contributed by atoms with Crippen molar-refractivity contribution in [2.75, 3.05) is 41.0 Å². The van der Waals surface area contributed by atoms with E-state index < -0.39 is 6.10 Å². The van der Waals surface area contributed by atoms with Crippen molar-refractivity contribution in [1.82, 2.24) is 10.6 Å². The van der Waals surface area contributed by atoms with Crippen LogP contribution in [0.5, 0.6) is 17.2 Å². The van der Waals surface area contributed by atoms with Crippen LogP contribution in [-0.4, -0.2) is 52.0 Å². The molecule has 0 aliphatic carbocycles. The first kappa shape index (κ1) is 26.6. The molecule has 30 heavy (non-hydrogen) atoms. The number of ether oxygens (including phenoxy) is 3. The molecule has 2 aromatic rings. The van der Waals surface area contributed by atoms with Crippen LogP contribution in [0.1, 0.15) is 23.5 Å². The number of halogens is 2. The maximum atomic E-state index is 10.3. The molecule has 0 bridgehead atoms. The van der Waals surface area contributed by atoms with Gasteiger partial charge in [0.25, 0.3) is 0 Å². The number of rotatable bonds is 10. The summed E-state index contributed by atoms with van der Waals surface area (Å²) in [5, 5.41) is 16.7. The highest BCUT2D eigenvalue weighted by atomic mass is 127. The maximum absolute atomic E-state index is 10.3. The average Bonchev–Trinajstić information content (AvgIpc) is 3.17. The molecule has 1 atom stereocenters. The second-order valence-corrected chi connectivity index (χ2v) is 7.81. The molecule has 2 rings (SSSR count). The van der Waals surface area contributed by atoms with E-state index in [0.717, 1.165) is 10.4 Å². The van der Waals surface area contributed by atoms with Gasteiger partial charge in [0.15, 0.2) is 5.96 Å². The summed E-state index contributed by atoms with van der Waals surface area (Å²) in [6, 6.07) is 7.25. The van der Waals surface area contributed by atoms with Gasteiger partial charge in [0.2, 0.25) is 0 Å². The molecule has 1 unspecified atom stereocenters. The zero-order valence-electron chi connectivity index (χ0n) is 17.5. The Kier molecular flexibility index (Phi) is 12.2. The summed E-state index contributed by atoms with van der Waals surface area (Å²) in [6.45, 7) is 3.54. The predicted molar refractivity (Wildman–Crippen MR) is 133 cm³/mol. The van der Waals surface area contributed by atoms with Gasteiger partial charge in [0.1, 0.15) is 23.4 Å². The van der Waals surface area contributed by atoms with E-state index in [0.29, 0.717) is 47.1 Å². The minimum absolute atomic E-state index is 0. The number of benzene rings is 1. The highest BCUT2D eigenvalue weighted by Gasteiger charge is 2.14. The van der Waals surface area contributed by atoms with Crippen LogP contribution in [0.2, 0.25) is 4.34 Å². The van der Waals surface area contributed by atoms with Gasteiger partial charge in [-0.25, -0.2) is 0 Å². The molecule has 1 aromatic carbocycles. The summed E-state index contributed by atoms with van der Waals surface area (Å²) < 4.78 is 16.9. The molecule has 0 radical (unpaired) electrons. The second kappa shape index (κ2) is 13.8. The Morgan fingerprint density at radius 1 is 1.13 bits per heavy atom. The quantitative estimate of drug-likeness (QED) is 0.229. The van der Waals surface area contributed by atoms with Crippen LogP contribution in [0.4, 0.5) is 0 Å². The Morgan fingerprint density at radius 3 is 2.30 bits per heavy atom. The monoisotopic (exact) mass is 569 g/mol. The highest BCUT2D eigenvalue weighted by molar-refractivity contribution is 14.0. The molecule has 0 amide bonds. The summed E-state index contributed by atoms with van der Waals surface area (Å²) in [4.78, 5) is 5.26. The first-order valence-corrected chi connectivity index (χ1v) is 10.5. The molecule has 1 aromatic heterocycles. The second-order valence-electron chi connectivity index (χ2n) is 6.06. The van der Waals surface area contributed by atoms with Gasteiger partial charge in [-0.3, -0.25) is 4.99 Å². The maximum Gasteiger partial charge on any atom is 0.191 e. The van der Waals surface area contributed by atoms with Gasteiger partial charge in [-0.05, 0) is 25.5 Å². The fourth-order valence-electron chi connectivity index (χ4n) is 2.75. The summed E-state index contributed by atoms with van der Waals surface area (Å²) in [6.07, 6.45) is -0.0335. The lowest BCUT2D eigenvalue weighted by atomic mass is 10.1. The summed E-state index contributed by atoms with van der Waals surface area (Å²) in [7, 11) is 4.84. The zero-order valence-corrected chi connectivity index (χ0v) is 21.4. The number of nitrogens with one attached hydrogen (secondary N) is 2. The van der Waals surface area contributed by atoms with Crippen molar-refractivity contribution >= 4 is 52.9 Å². The third-order valence-corrected chi connectivity index (χ3v) is 5.51. The van der Waals surface area contributed by atoms with Gasteiger partial charge in [0, 0.05) is 35.7 Å². The minimum Gasteiger partial charge on any atom is -0.496 e. The molecule has 7 nitrogen and oxygen atoms in total. The van der Waals surface area contributed by atoms with E-state index in [1.165, 1.54) is 11.3 Å². The zero-order chi connectivity index (χ0) is 21.2. The number of aliphatic imine (C=N–C) groups is 1. The smallest absolute Gasteiger partial charge is 0.191 e. The number of aliphatic hydroxyl groups is 1. The Labute approximate surface area is 203 Å². The van der Waals surface area contributed by atoms with E-state index in [2.05, 4.69) is 15.6 Å². The van der Waals surface area contributed by atoms with E-state index in [-0.39, 0.29) is 30.5 Å². The van der Waals surface area contributed by atoms with Crippen LogP contribution in [-0.2, 0) is 6.42 Å². The molecule has 3 N–H and O–H groups in total. The predicted octanol–water partition coefficient (Wildman–Crippen LogP) is 3.88. The fourth-order valence-corrected chi connectivity index (χ4v) is 3.79. The molecule has 0 aliphatic heterocycles. The summed E-state index contributed by atoms with van der Waals surface area (Å²) >= 11 is 7.29. The number of guanidine groups is 1. The lowest BCUT2D eigenvalue weighted by molar-refractivity contribution is 0.191. The Balaban J connectivity index is 0.00000450. The standard InChI is InChI=1S/C20H28ClN3O4S.HI/c1-5-22-20(24-12-15(25)18-6-7-19(21)29-18)23-9-8-14-16(27-3)10-13(26-2)11-17(14)28-4;/h6-7,10-11,15,25H,5,8-9,12H2,1-4H3,(H2,22,23,24);1H. The van der Waals surface area contributed by atoms with Gasteiger partial charge in [-0.1, -0.05) is 11.6 Å². The molecule has 0 saturated heterocycles. The van der Waals surface area contributed by atoms with Crippen LogP contribution >= 0.6 is 46.9 Å². The Hall–Kier alpha value is -1.43. The van der Waals surface area contributed by atoms with Gasteiger partial charge in [-0.15, -0.1) is 35.3 Å². The van der Waals surface area contributed by atoms with Crippen molar-refractivity contribution < 1.29 is 19.3 Å². The Morgan fingerprint density at radius 2 is 1.80 bits per heavy atom. The molecular weight excluding hydrogens is 541 g/mol. The molecular formula is C20H29ClIN3O4S. The molecule has 0 saturated carbocycles. The number of aliphatic hydroxyl groups excluding tert-OH is 1. The van der Waals surface area contributed by atoms with Gasteiger partial charge >= 0.3 is 0 Å². The average molecular weight is 570 g/mol. The molecule has 0 fully saturated rings. The normalized spacial score (nSPS) is 12.0. The number of nitrogens with zero attached hydrogens (tertiary/aromatic N) is 1. The van der Waals surface area contributed by atoms with E-state index in [1.807, 2.05) is 25.1 Å². The minimum atomic E-state index is -0.690. The first-order chi connectivity index (χ1) is 14.0. The number of hydrogen-bond acceptors (Lipinski definition) is 6. The largest absolute Gasteiger partial charge is 0.496 e. The van der Waals surface area contributed by atoms with Gasteiger partial charge in [0.05, 0.1) is 32.2 Å².